The first-order chi connectivity index (χ1) is 16.2. The fraction of sp³-hybridized carbons (Fsp3) is 0.125. The minimum Gasteiger partial charge on any atom is -0.494 e. The van der Waals surface area contributed by atoms with Gasteiger partial charge in [-0.25, -0.2) is 4.79 Å². The maximum absolute atomic E-state index is 12.7. The molecule has 1 aromatic heterocycles. The van der Waals surface area contributed by atoms with Crippen LogP contribution in [-0.4, -0.2) is 33.6 Å². The number of nitrogens with zero attached hydrogens (tertiary/aromatic N) is 3. The fourth-order valence-corrected chi connectivity index (χ4v) is 3.50. The van der Waals surface area contributed by atoms with Crippen molar-refractivity contribution in [3.05, 3.63) is 86.7 Å². The molecule has 0 saturated heterocycles. The smallest absolute Gasteiger partial charge is 0.335 e. The maximum Gasteiger partial charge on any atom is 0.335 e. The molecule has 0 aliphatic carbocycles. The lowest BCUT2D eigenvalue weighted by atomic mass is 10.1. The van der Waals surface area contributed by atoms with Gasteiger partial charge in [0.2, 0.25) is 0 Å². The number of carbonyl (C=O) groups is 2. The van der Waals surface area contributed by atoms with Gasteiger partial charge in [0.25, 0.3) is 11.6 Å². The summed E-state index contributed by atoms with van der Waals surface area (Å²) in [5.41, 5.74) is 2.53. The van der Waals surface area contributed by atoms with Crippen molar-refractivity contribution in [1.82, 2.24) is 4.57 Å². The Bertz CT molecular complexity index is 1380. The maximum atomic E-state index is 12.7. The van der Waals surface area contributed by atoms with Crippen molar-refractivity contribution in [2.45, 2.75) is 13.8 Å². The Balaban J connectivity index is 1.97. The number of nitro groups is 1. The third-order valence-corrected chi connectivity index (χ3v) is 5.12. The number of hydrogen-bond donors (Lipinski definition) is 2. The molecule has 10 heteroatoms. The molecule has 1 heterocycles. The fourth-order valence-electron chi connectivity index (χ4n) is 3.50. The summed E-state index contributed by atoms with van der Waals surface area (Å²) in [7, 11) is 1.41. The van der Waals surface area contributed by atoms with Gasteiger partial charge in [0, 0.05) is 23.1 Å². The van der Waals surface area contributed by atoms with E-state index in [9.17, 15) is 25.0 Å². The number of aromatic carboxylic acids is 1. The molecular weight excluding hydrogens is 440 g/mol. The molecule has 3 aromatic rings. The highest BCUT2D eigenvalue weighted by molar-refractivity contribution is 6.10. The Labute approximate surface area is 194 Å². The number of aromatic nitrogens is 1. The third kappa shape index (κ3) is 4.78. The topological polar surface area (TPSA) is 147 Å². The molecule has 0 spiro atoms. The summed E-state index contributed by atoms with van der Waals surface area (Å²) < 4.78 is 7.15. The van der Waals surface area contributed by atoms with Crippen LogP contribution >= 0.6 is 0 Å². The largest absolute Gasteiger partial charge is 0.494 e. The van der Waals surface area contributed by atoms with E-state index in [1.807, 2.05) is 13.0 Å². The van der Waals surface area contributed by atoms with Gasteiger partial charge in [-0.05, 0) is 55.8 Å². The van der Waals surface area contributed by atoms with Crippen LogP contribution in [-0.2, 0) is 4.79 Å². The summed E-state index contributed by atoms with van der Waals surface area (Å²) in [6.07, 6.45) is 1.42. The van der Waals surface area contributed by atoms with Gasteiger partial charge in [-0.3, -0.25) is 14.9 Å². The summed E-state index contributed by atoms with van der Waals surface area (Å²) in [5.74, 6) is -1.54. The number of aryl methyl sites for hydroxylation is 1. The number of ether oxygens (including phenoxy) is 1. The van der Waals surface area contributed by atoms with Crippen molar-refractivity contribution >= 4 is 29.3 Å². The lowest BCUT2D eigenvalue weighted by Gasteiger charge is -2.14. The molecule has 0 saturated carbocycles. The number of nitrogens with one attached hydrogen (secondary N) is 1. The number of methoxy groups -OCH3 is 1. The number of anilines is 1. The van der Waals surface area contributed by atoms with Crippen molar-refractivity contribution in [1.29, 1.82) is 5.26 Å². The molecule has 0 fully saturated rings. The molecule has 1 amide bonds. The van der Waals surface area contributed by atoms with Crippen LogP contribution in [0, 0.1) is 35.3 Å². The monoisotopic (exact) mass is 460 g/mol. The van der Waals surface area contributed by atoms with E-state index < -0.39 is 16.8 Å². The first-order valence-corrected chi connectivity index (χ1v) is 9.94. The predicted octanol–water partition coefficient (Wildman–Crippen LogP) is 4.25. The molecule has 0 aliphatic heterocycles. The molecule has 0 radical (unpaired) electrons. The number of nitro benzene ring substituents is 1. The quantitative estimate of drug-likeness (QED) is 0.232. The van der Waals surface area contributed by atoms with Gasteiger partial charge in [0.15, 0.2) is 0 Å². The van der Waals surface area contributed by atoms with Crippen molar-refractivity contribution in [2.24, 2.45) is 0 Å². The number of hydrogen-bond acceptors (Lipinski definition) is 6. The number of carboxylic acids is 1. The molecular formula is C24H20N4O6. The van der Waals surface area contributed by atoms with Crippen molar-refractivity contribution in [3.8, 4) is 17.5 Å². The van der Waals surface area contributed by atoms with Crippen molar-refractivity contribution in [2.75, 3.05) is 12.4 Å². The van der Waals surface area contributed by atoms with E-state index >= 15 is 0 Å². The normalized spacial score (nSPS) is 10.9. The lowest BCUT2D eigenvalue weighted by molar-refractivity contribution is -0.384. The molecule has 0 unspecified atom stereocenters. The van der Waals surface area contributed by atoms with Crippen LogP contribution in [0.4, 0.5) is 11.4 Å². The van der Waals surface area contributed by atoms with Crippen molar-refractivity contribution < 1.29 is 24.4 Å². The van der Waals surface area contributed by atoms with Gasteiger partial charge < -0.3 is 19.7 Å². The van der Waals surface area contributed by atoms with E-state index in [0.717, 1.165) is 5.69 Å². The first-order valence-electron chi connectivity index (χ1n) is 9.94. The van der Waals surface area contributed by atoms with E-state index in [1.54, 1.807) is 23.6 Å². The van der Waals surface area contributed by atoms with Crippen LogP contribution in [0.2, 0.25) is 0 Å². The minimum atomic E-state index is -1.14. The standard InChI is InChI=1S/C24H20N4O6/c1-14-9-17(15(2)27(14)21-8-7-20(28(32)33)12-22(21)34-3)10-18(13-25)23(29)26-19-6-4-5-16(11-19)24(30)31/h4-12H,1-3H3,(H,26,29)(H,30,31)/b18-10-. The summed E-state index contributed by atoms with van der Waals surface area (Å²) in [6, 6.07) is 13.6. The first kappa shape index (κ1) is 23.7. The number of benzene rings is 2. The molecule has 34 heavy (non-hydrogen) atoms. The van der Waals surface area contributed by atoms with Crippen LogP contribution in [0.3, 0.4) is 0 Å². The molecule has 3 rings (SSSR count). The van der Waals surface area contributed by atoms with Crippen LogP contribution in [0.1, 0.15) is 27.3 Å². The highest BCUT2D eigenvalue weighted by atomic mass is 16.6. The van der Waals surface area contributed by atoms with Gasteiger partial charge in [-0.2, -0.15) is 5.26 Å². The van der Waals surface area contributed by atoms with Gasteiger partial charge in [0.05, 0.1) is 29.4 Å². The zero-order valence-electron chi connectivity index (χ0n) is 18.5. The van der Waals surface area contributed by atoms with E-state index in [0.29, 0.717) is 22.7 Å². The van der Waals surface area contributed by atoms with Crippen molar-refractivity contribution in [3.63, 3.8) is 0 Å². The Hall–Kier alpha value is -4.91. The minimum absolute atomic E-state index is 0.000813. The van der Waals surface area contributed by atoms with Crippen LogP contribution in [0.5, 0.6) is 5.75 Å². The Kier molecular flexibility index (Phi) is 6.78. The number of carboxylic acid groups (broad SMARTS) is 1. The Morgan fingerprint density at radius 3 is 2.56 bits per heavy atom. The summed E-state index contributed by atoms with van der Waals surface area (Å²) in [6.45, 7) is 3.59. The number of nitriles is 1. The second-order valence-electron chi connectivity index (χ2n) is 7.29. The number of amides is 1. The zero-order chi connectivity index (χ0) is 25.0. The van der Waals surface area contributed by atoms with Crippen LogP contribution in [0.25, 0.3) is 11.8 Å². The molecule has 172 valence electrons. The highest BCUT2D eigenvalue weighted by Gasteiger charge is 2.18. The summed E-state index contributed by atoms with van der Waals surface area (Å²) in [5, 5.41) is 32.3. The van der Waals surface area contributed by atoms with Gasteiger partial charge >= 0.3 is 5.97 Å². The third-order valence-electron chi connectivity index (χ3n) is 5.12. The molecule has 0 atom stereocenters. The second kappa shape index (κ2) is 9.70. The predicted molar refractivity (Wildman–Crippen MR) is 124 cm³/mol. The lowest BCUT2D eigenvalue weighted by Crippen LogP contribution is -2.14. The van der Waals surface area contributed by atoms with Gasteiger partial charge in [-0.1, -0.05) is 6.07 Å². The Morgan fingerprint density at radius 1 is 1.21 bits per heavy atom. The van der Waals surface area contributed by atoms with Gasteiger partial charge in [-0.15, -0.1) is 0 Å². The average Bonchev–Trinajstić information content (AvgIpc) is 3.09. The second-order valence-corrected chi connectivity index (χ2v) is 7.29. The average molecular weight is 460 g/mol. The molecule has 10 nitrogen and oxygen atoms in total. The van der Waals surface area contributed by atoms with E-state index in [4.69, 9.17) is 9.84 Å². The van der Waals surface area contributed by atoms with Gasteiger partial charge in [0.1, 0.15) is 17.4 Å². The number of carbonyl (C=O) groups excluding carboxylic acids is 1. The molecule has 0 aliphatic rings. The Morgan fingerprint density at radius 2 is 1.94 bits per heavy atom. The summed E-state index contributed by atoms with van der Waals surface area (Å²) in [4.78, 5) is 34.4. The molecule has 2 aromatic carbocycles. The summed E-state index contributed by atoms with van der Waals surface area (Å²) >= 11 is 0. The van der Waals surface area contributed by atoms with E-state index in [1.165, 1.54) is 49.6 Å². The van der Waals surface area contributed by atoms with E-state index in [-0.39, 0.29) is 22.5 Å². The van der Waals surface area contributed by atoms with Crippen LogP contribution < -0.4 is 10.1 Å². The number of rotatable bonds is 7. The SMILES string of the molecule is COc1cc([N+](=O)[O-])ccc1-n1c(C)cc(/C=C(/C#N)C(=O)Nc2cccc(C(=O)O)c2)c1C. The highest BCUT2D eigenvalue weighted by Crippen LogP contribution is 2.32. The molecule has 2 N–H and O–H groups in total. The van der Waals surface area contributed by atoms with E-state index in [2.05, 4.69) is 5.32 Å². The molecule has 0 bridgehead atoms. The number of non-ortho nitro benzene ring substituents is 1. The zero-order valence-corrected chi connectivity index (χ0v) is 18.5. The van der Waals surface area contributed by atoms with Crippen LogP contribution in [0.15, 0.2) is 54.1 Å².